The smallest absolute Gasteiger partial charge is 0.279 e. The predicted octanol–water partition coefficient (Wildman–Crippen LogP) is 1.39. The van der Waals surface area contributed by atoms with Gasteiger partial charge in [-0.15, -0.1) is 0 Å². The van der Waals surface area contributed by atoms with E-state index in [0.29, 0.717) is 29.6 Å². The molecule has 21 heavy (non-hydrogen) atoms. The van der Waals surface area contributed by atoms with Crippen molar-refractivity contribution in [2.24, 2.45) is 11.8 Å². The summed E-state index contributed by atoms with van der Waals surface area (Å²) in [7, 11) is 0. The van der Waals surface area contributed by atoms with Gasteiger partial charge in [0.15, 0.2) is 12.3 Å². The summed E-state index contributed by atoms with van der Waals surface area (Å²) in [5.74, 6) is 1.39. The van der Waals surface area contributed by atoms with Crippen LogP contribution in [0.5, 0.6) is 0 Å². The molecule has 1 aromatic carbocycles. The van der Waals surface area contributed by atoms with E-state index < -0.39 is 0 Å². The lowest BCUT2D eigenvalue weighted by atomic mass is 9.92. The summed E-state index contributed by atoms with van der Waals surface area (Å²) in [6.07, 6.45) is 1.26. The number of nitrogens with one attached hydrogen (secondary N) is 2. The summed E-state index contributed by atoms with van der Waals surface area (Å²) in [5, 5.41) is 2.90. The first-order chi connectivity index (χ1) is 9.94. The first-order valence-corrected chi connectivity index (χ1v) is 7.68. The predicted molar refractivity (Wildman–Crippen MR) is 83.6 cm³/mol. The quantitative estimate of drug-likeness (QED) is 0.823. The van der Waals surface area contributed by atoms with Crippen LogP contribution < -0.4 is 10.2 Å². The summed E-state index contributed by atoms with van der Waals surface area (Å²) >= 11 is 0. The fourth-order valence-corrected chi connectivity index (χ4v) is 3.32. The van der Waals surface area contributed by atoms with Crippen molar-refractivity contribution in [1.82, 2.24) is 0 Å². The van der Waals surface area contributed by atoms with E-state index >= 15 is 0 Å². The van der Waals surface area contributed by atoms with E-state index in [9.17, 15) is 9.59 Å². The van der Waals surface area contributed by atoms with E-state index in [0.717, 1.165) is 13.1 Å². The molecule has 0 aliphatic carbocycles. The molecule has 1 fully saturated rings. The molecule has 0 spiro atoms. The number of quaternary nitrogens is 1. The Labute approximate surface area is 126 Å². The number of benzene rings is 1. The molecule has 114 valence electrons. The molecule has 1 aromatic rings. The summed E-state index contributed by atoms with van der Waals surface area (Å²) in [6, 6.07) is 7.11. The van der Waals surface area contributed by atoms with Crippen LogP contribution in [-0.2, 0) is 4.79 Å². The molecule has 2 N–H and O–H groups in total. The molecular weight excluding hydrogens is 264 g/mol. The molecule has 1 aliphatic rings. The lowest BCUT2D eigenvalue weighted by molar-refractivity contribution is -0.904. The van der Waals surface area contributed by atoms with Gasteiger partial charge in [-0.2, -0.15) is 0 Å². The van der Waals surface area contributed by atoms with Crippen molar-refractivity contribution in [3.05, 3.63) is 29.8 Å². The van der Waals surface area contributed by atoms with Gasteiger partial charge < -0.3 is 10.2 Å². The first-order valence-electron chi connectivity index (χ1n) is 7.68. The second-order valence-electron chi connectivity index (χ2n) is 6.47. The second kappa shape index (κ2) is 6.85. The first kappa shape index (κ1) is 15.7. The van der Waals surface area contributed by atoms with E-state index in [-0.39, 0.29) is 11.7 Å². The highest BCUT2D eigenvalue weighted by Gasteiger charge is 2.26. The second-order valence-corrected chi connectivity index (χ2v) is 6.47. The Bertz CT molecular complexity index is 517. The van der Waals surface area contributed by atoms with Gasteiger partial charge in [-0.3, -0.25) is 9.59 Å². The largest absolute Gasteiger partial charge is 0.327 e. The minimum absolute atomic E-state index is 0.00963. The van der Waals surface area contributed by atoms with Crippen LogP contribution in [0.15, 0.2) is 24.3 Å². The lowest BCUT2D eigenvalue weighted by Crippen LogP contribution is -3.15. The average molecular weight is 289 g/mol. The number of rotatable bonds is 4. The zero-order chi connectivity index (χ0) is 15.4. The number of likely N-dealkylation sites (tertiary alicyclic amines) is 1. The van der Waals surface area contributed by atoms with Crippen LogP contribution in [-0.4, -0.2) is 31.3 Å². The molecule has 2 atom stereocenters. The minimum atomic E-state index is 0.00963. The maximum absolute atomic E-state index is 12.2. The summed E-state index contributed by atoms with van der Waals surface area (Å²) in [4.78, 5) is 24.9. The molecule has 0 bridgehead atoms. The fourth-order valence-electron chi connectivity index (χ4n) is 3.32. The maximum Gasteiger partial charge on any atom is 0.279 e. The van der Waals surface area contributed by atoms with Crippen LogP contribution in [0.3, 0.4) is 0 Å². The Kier molecular flexibility index (Phi) is 5.12. The Hall–Kier alpha value is -1.68. The number of amides is 1. The topological polar surface area (TPSA) is 50.6 Å². The highest BCUT2D eigenvalue weighted by Crippen LogP contribution is 2.12. The molecule has 1 aliphatic heterocycles. The van der Waals surface area contributed by atoms with Crippen molar-refractivity contribution in [3.63, 3.8) is 0 Å². The molecular formula is C17H25N2O2+. The number of ketones is 1. The zero-order valence-electron chi connectivity index (χ0n) is 13.1. The van der Waals surface area contributed by atoms with Crippen LogP contribution in [0.4, 0.5) is 5.69 Å². The third-order valence-electron chi connectivity index (χ3n) is 4.04. The standard InChI is InChI=1S/C17H24N2O2/c1-12-7-13(2)10-19(9-12)11-17(21)18-16-6-4-5-15(8-16)14(3)20/h4-6,8,12-13H,7,9-11H2,1-3H3,(H,18,21)/p+1/t12-,13-/m1/s1. The van der Waals surface area contributed by atoms with Gasteiger partial charge in [0.2, 0.25) is 0 Å². The Morgan fingerprint density at radius 3 is 2.52 bits per heavy atom. The van der Waals surface area contributed by atoms with Crippen LogP contribution >= 0.6 is 0 Å². The van der Waals surface area contributed by atoms with Crippen molar-refractivity contribution < 1.29 is 14.5 Å². The van der Waals surface area contributed by atoms with E-state index in [1.54, 1.807) is 18.2 Å². The highest BCUT2D eigenvalue weighted by atomic mass is 16.2. The average Bonchev–Trinajstić information content (AvgIpc) is 2.37. The summed E-state index contributed by atoms with van der Waals surface area (Å²) in [6.45, 7) is 8.66. The van der Waals surface area contributed by atoms with Gasteiger partial charge in [-0.25, -0.2) is 0 Å². The highest BCUT2D eigenvalue weighted by molar-refractivity contribution is 5.97. The Morgan fingerprint density at radius 2 is 1.90 bits per heavy atom. The number of hydrogen-bond donors (Lipinski definition) is 2. The third kappa shape index (κ3) is 4.67. The number of Topliss-reactive ketones (excluding diaryl/α,β-unsaturated/α-hetero) is 1. The molecule has 4 nitrogen and oxygen atoms in total. The number of hydrogen-bond acceptors (Lipinski definition) is 2. The van der Waals surface area contributed by atoms with Crippen molar-refractivity contribution >= 4 is 17.4 Å². The Balaban J connectivity index is 1.92. The molecule has 0 unspecified atom stereocenters. The van der Waals surface area contributed by atoms with Gasteiger partial charge in [0, 0.05) is 23.1 Å². The van der Waals surface area contributed by atoms with E-state index in [2.05, 4.69) is 19.2 Å². The van der Waals surface area contributed by atoms with Crippen LogP contribution in [0.25, 0.3) is 0 Å². The van der Waals surface area contributed by atoms with Crippen molar-refractivity contribution in [2.75, 3.05) is 25.0 Å². The number of carbonyl (C=O) groups excluding carboxylic acids is 2. The molecule has 0 saturated carbocycles. The van der Waals surface area contributed by atoms with E-state index in [4.69, 9.17) is 0 Å². The third-order valence-corrected chi connectivity index (χ3v) is 4.04. The number of carbonyl (C=O) groups is 2. The van der Waals surface area contributed by atoms with Crippen LogP contribution in [0.1, 0.15) is 37.6 Å². The Morgan fingerprint density at radius 1 is 1.24 bits per heavy atom. The number of piperidine rings is 1. The van der Waals surface area contributed by atoms with E-state index in [1.807, 2.05) is 6.07 Å². The van der Waals surface area contributed by atoms with E-state index in [1.165, 1.54) is 18.2 Å². The fraction of sp³-hybridized carbons (Fsp3) is 0.529. The van der Waals surface area contributed by atoms with Gasteiger partial charge in [0.05, 0.1) is 13.1 Å². The van der Waals surface area contributed by atoms with Gasteiger partial charge in [-0.1, -0.05) is 26.0 Å². The van der Waals surface area contributed by atoms with Gasteiger partial charge in [0.1, 0.15) is 0 Å². The zero-order valence-corrected chi connectivity index (χ0v) is 13.1. The lowest BCUT2D eigenvalue weighted by Gasteiger charge is -2.31. The normalized spacial score (nSPS) is 25.4. The van der Waals surface area contributed by atoms with Gasteiger partial charge in [-0.05, 0) is 25.5 Å². The molecule has 1 amide bonds. The van der Waals surface area contributed by atoms with Crippen molar-refractivity contribution in [3.8, 4) is 0 Å². The molecule has 4 heteroatoms. The van der Waals surface area contributed by atoms with Crippen LogP contribution in [0, 0.1) is 11.8 Å². The van der Waals surface area contributed by atoms with Gasteiger partial charge in [0.25, 0.3) is 5.91 Å². The molecule has 1 heterocycles. The minimum Gasteiger partial charge on any atom is -0.327 e. The number of anilines is 1. The molecule has 2 rings (SSSR count). The SMILES string of the molecule is CC(=O)c1cccc(NC(=O)C[NH+]2C[C@H](C)C[C@@H](C)C2)c1. The van der Waals surface area contributed by atoms with Crippen LogP contribution in [0.2, 0.25) is 0 Å². The monoisotopic (exact) mass is 289 g/mol. The molecule has 1 saturated heterocycles. The molecule has 0 aromatic heterocycles. The summed E-state index contributed by atoms with van der Waals surface area (Å²) in [5.41, 5.74) is 1.32. The molecule has 0 radical (unpaired) electrons. The summed E-state index contributed by atoms with van der Waals surface area (Å²) < 4.78 is 0. The van der Waals surface area contributed by atoms with Crippen molar-refractivity contribution in [2.45, 2.75) is 27.2 Å². The van der Waals surface area contributed by atoms with Crippen molar-refractivity contribution in [1.29, 1.82) is 0 Å². The van der Waals surface area contributed by atoms with Gasteiger partial charge >= 0.3 is 0 Å². The maximum atomic E-state index is 12.2.